The molecule has 2 aromatic carbocycles. The number of carbonyl (C=O) groups excluding carboxylic acids is 2. The van der Waals surface area contributed by atoms with Gasteiger partial charge in [0, 0.05) is 5.57 Å². The molecule has 1 atom stereocenters. The first-order valence-corrected chi connectivity index (χ1v) is 10.6. The lowest BCUT2D eigenvalue weighted by Crippen LogP contribution is -3.06. The minimum Gasteiger partial charge on any atom is -0.872 e. The Hall–Kier alpha value is -3.12. The third-order valence-corrected chi connectivity index (χ3v) is 5.26. The fourth-order valence-electron chi connectivity index (χ4n) is 3.65. The highest BCUT2D eigenvalue weighted by molar-refractivity contribution is 6.46. The number of nitrogens with zero attached hydrogens (tertiary/aromatic N) is 1. The molecule has 1 unspecified atom stereocenters. The molecule has 31 heavy (non-hydrogen) atoms. The molecule has 0 bridgehead atoms. The van der Waals surface area contributed by atoms with Crippen molar-refractivity contribution >= 4 is 17.4 Å². The van der Waals surface area contributed by atoms with Crippen LogP contribution in [0.15, 0.2) is 54.1 Å². The molecule has 0 aliphatic carbocycles. The van der Waals surface area contributed by atoms with Gasteiger partial charge in [0.05, 0.1) is 39.3 Å². The summed E-state index contributed by atoms with van der Waals surface area (Å²) in [6.07, 6.45) is 0.0327. The Balaban J connectivity index is 2.08. The third-order valence-electron chi connectivity index (χ3n) is 5.26. The van der Waals surface area contributed by atoms with Crippen molar-refractivity contribution in [2.24, 2.45) is 0 Å². The van der Waals surface area contributed by atoms with Crippen LogP contribution in [-0.2, 0) is 9.59 Å². The number of benzene rings is 2. The van der Waals surface area contributed by atoms with Crippen molar-refractivity contribution in [1.82, 2.24) is 4.90 Å². The van der Waals surface area contributed by atoms with Gasteiger partial charge in [0.15, 0.2) is 0 Å². The number of Topliss-reactive ketones (excluding diaryl/α,β-unsaturated/α-hetero) is 1. The SMILES string of the molecule is Cc1ccc(/C([O-])=C2\C(=O)C(=O)N(CC[NH+](C)C)C2c2ccc(OC(C)C)cc2)cc1. The van der Waals surface area contributed by atoms with Gasteiger partial charge < -0.3 is 19.6 Å². The van der Waals surface area contributed by atoms with Gasteiger partial charge in [-0.15, -0.1) is 0 Å². The molecule has 1 aliphatic rings. The van der Waals surface area contributed by atoms with Gasteiger partial charge >= 0.3 is 0 Å². The van der Waals surface area contributed by atoms with E-state index in [9.17, 15) is 14.7 Å². The number of quaternary nitrogens is 1. The molecule has 0 saturated carbocycles. The zero-order valence-corrected chi connectivity index (χ0v) is 18.8. The first-order chi connectivity index (χ1) is 14.7. The van der Waals surface area contributed by atoms with Gasteiger partial charge in [-0.3, -0.25) is 9.59 Å². The molecule has 0 spiro atoms. The summed E-state index contributed by atoms with van der Waals surface area (Å²) in [5.74, 6) is -1.04. The Kier molecular flexibility index (Phi) is 6.81. The fourth-order valence-corrected chi connectivity index (χ4v) is 3.65. The molecular weight excluding hydrogens is 392 g/mol. The maximum Gasteiger partial charge on any atom is 0.295 e. The maximum atomic E-state index is 13.3. The number of likely N-dealkylation sites (N-methyl/N-ethyl adjacent to an activating group) is 1. The number of likely N-dealkylation sites (tertiary alicyclic amines) is 1. The maximum absolute atomic E-state index is 13.3. The number of ether oxygens (including phenoxy) is 1. The van der Waals surface area contributed by atoms with E-state index in [4.69, 9.17) is 4.74 Å². The summed E-state index contributed by atoms with van der Waals surface area (Å²) in [6.45, 7) is 6.86. The average molecular weight is 423 g/mol. The summed E-state index contributed by atoms with van der Waals surface area (Å²) in [6, 6.07) is 13.6. The number of aryl methyl sites for hydroxylation is 1. The summed E-state index contributed by atoms with van der Waals surface area (Å²) >= 11 is 0. The molecule has 1 fully saturated rings. The summed E-state index contributed by atoms with van der Waals surface area (Å²) < 4.78 is 5.71. The van der Waals surface area contributed by atoms with Crippen LogP contribution in [0.3, 0.4) is 0 Å². The minimum absolute atomic E-state index is 0.0140. The number of ketones is 1. The van der Waals surface area contributed by atoms with Crippen LogP contribution in [0.2, 0.25) is 0 Å². The van der Waals surface area contributed by atoms with E-state index in [-0.39, 0.29) is 11.7 Å². The predicted molar refractivity (Wildman–Crippen MR) is 117 cm³/mol. The molecule has 164 valence electrons. The van der Waals surface area contributed by atoms with Gasteiger partial charge in [-0.25, -0.2) is 0 Å². The number of hydrogen-bond acceptors (Lipinski definition) is 4. The first-order valence-electron chi connectivity index (χ1n) is 10.6. The van der Waals surface area contributed by atoms with Crippen molar-refractivity contribution in [3.05, 3.63) is 70.8 Å². The van der Waals surface area contributed by atoms with Crippen molar-refractivity contribution in [3.63, 3.8) is 0 Å². The second-order valence-electron chi connectivity index (χ2n) is 8.53. The van der Waals surface area contributed by atoms with E-state index in [1.807, 2.05) is 71.3 Å². The number of hydrogen-bond donors (Lipinski definition) is 1. The lowest BCUT2D eigenvalue weighted by Gasteiger charge is -2.28. The smallest absolute Gasteiger partial charge is 0.295 e. The zero-order chi connectivity index (χ0) is 22.7. The Bertz CT molecular complexity index is 976. The number of nitrogens with one attached hydrogen (secondary N) is 1. The van der Waals surface area contributed by atoms with Crippen LogP contribution in [-0.4, -0.2) is 49.9 Å². The molecule has 0 aromatic heterocycles. The quantitative estimate of drug-likeness (QED) is 0.413. The molecule has 1 heterocycles. The fraction of sp³-hybridized carbons (Fsp3) is 0.360. The monoisotopic (exact) mass is 422 g/mol. The molecule has 1 aliphatic heterocycles. The summed E-state index contributed by atoms with van der Waals surface area (Å²) in [5.41, 5.74) is 2.16. The van der Waals surface area contributed by atoms with Crippen LogP contribution in [0.1, 0.15) is 36.6 Å². The Morgan fingerprint density at radius 3 is 2.23 bits per heavy atom. The Morgan fingerprint density at radius 1 is 1.06 bits per heavy atom. The van der Waals surface area contributed by atoms with Gasteiger partial charge in [0.2, 0.25) is 5.78 Å². The summed E-state index contributed by atoms with van der Waals surface area (Å²) in [7, 11) is 3.97. The molecule has 1 saturated heterocycles. The molecule has 6 heteroatoms. The molecule has 2 aromatic rings. The van der Waals surface area contributed by atoms with Gasteiger partial charge in [-0.2, -0.15) is 0 Å². The summed E-state index contributed by atoms with van der Waals surface area (Å²) in [4.78, 5) is 28.5. The van der Waals surface area contributed by atoms with E-state index in [2.05, 4.69) is 0 Å². The van der Waals surface area contributed by atoms with E-state index >= 15 is 0 Å². The van der Waals surface area contributed by atoms with Crippen LogP contribution in [0.4, 0.5) is 0 Å². The van der Waals surface area contributed by atoms with Gasteiger partial charge in [-0.1, -0.05) is 47.7 Å². The van der Waals surface area contributed by atoms with Crippen molar-refractivity contribution in [2.75, 3.05) is 27.2 Å². The Labute approximate surface area is 183 Å². The lowest BCUT2D eigenvalue weighted by molar-refractivity contribution is -0.857. The third kappa shape index (κ3) is 4.97. The highest BCUT2D eigenvalue weighted by atomic mass is 16.5. The van der Waals surface area contributed by atoms with Gasteiger partial charge in [0.1, 0.15) is 5.75 Å². The molecule has 1 N–H and O–H groups in total. The van der Waals surface area contributed by atoms with E-state index in [0.717, 1.165) is 16.0 Å². The van der Waals surface area contributed by atoms with Crippen LogP contribution in [0, 0.1) is 6.92 Å². The van der Waals surface area contributed by atoms with E-state index < -0.39 is 23.5 Å². The van der Waals surface area contributed by atoms with Crippen LogP contribution < -0.4 is 14.7 Å². The van der Waals surface area contributed by atoms with Crippen molar-refractivity contribution in [1.29, 1.82) is 0 Å². The Morgan fingerprint density at radius 2 is 1.68 bits per heavy atom. The predicted octanol–water partition coefficient (Wildman–Crippen LogP) is 1.15. The second-order valence-corrected chi connectivity index (χ2v) is 8.53. The summed E-state index contributed by atoms with van der Waals surface area (Å²) in [5, 5.41) is 13.3. The highest BCUT2D eigenvalue weighted by Gasteiger charge is 2.44. The molecule has 0 radical (unpaired) electrons. The molecule has 3 rings (SSSR count). The zero-order valence-electron chi connectivity index (χ0n) is 18.8. The minimum atomic E-state index is -0.716. The standard InChI is InChI=1S/C25H30N2O4/c1-16(2)31-20-12-10-18(11-13-20)22-21(23(28)19-8-6-17(3)7-9-19)24(29)25(30)27(22)15-14-26(4)5/h6-13,16,22,28H,14-15H2,1-5H3/b23-21+. The second kappa shape index (κ2) is 9.35. The topological polar surface area (TPSA) is 74.1 Å². The van der Waals surface area contributed by atoms with E-state index in [1.165, 1.54) is 4.90 Å². The molecule has 6 nitrogen and oxygen atoms in total. The number of rotatable bonds is 7. The van der Waals surface area contributed by atoms with Gasteiger partial charge in [0.25, 0.3) is 5.91 Å². The van der Waals surface area contributed by atoms with E-state index in [1.54, 1.807) is 12.1 Å². The first kappa shape index (κ1) is 22.6. The molecular formula is C25H30N2O4. The highest BCUT2D eigenvalue weighted by Crippen LogP contribution is 2.38. The van der Waals surface area contributed by atoms with Crippen molar-refractivity contribution < 1.29 is 24.3 Å². The average Bonchev–Trinajstić information content (AvgIpc) is 2.97. The van der Waals surface area contributed by atoms with Crippen LogP contribution >= 0.6 is 0 Å². The largest absolute Gasteiger partial charge is 0.872 e. The lowest BCUT2D eigenvalue weighted by atomic mass is 9.95. The van der Waals surface area contributed by atoms with Crippen LogP contribution in [0.5, 0.6) is 5.75 Å². The van der Waals surface area contributed by atoms with Crippen molar-refractivity contribution in [2.45, 2.75) is 32.9 Å². The molecule has 1 amide bonds. The van der Waals surface area contributed by atoms with Crippen molar-refractivity contribution in [3.8, 4) is 5.75 Å². The number of carbonyl (C=O) groups is 2. The van der Waals surface area contributed by atoms with Gasteiger partial charge in [-0.05, 0) is 44.0 Å². The van der Waals surface area contributed by atoms with E-state index in [0.29, 0.717) is 24.4 Å². The normalized spacial score (nSPS) is 18.3. The van der Waals surface area contributed by atoms with Crippen LogP contribution in [0.25, 0.3) is 5.76 Å². The number of amides is 1.